The minimum absolute atomic E-state index is 0.0201. The summed E-state index contributed by atoms with van der Waals surface area (Å²) < 4.78 is 23.8. The van der Waals surface area contributed by atoms with Gasteiger partial charge in [0.25, 0.3) is 0 Å². The number of sulfone groups is 1. The summed E-state index contributed by atoms with van der Waals surface area (Å²) in [5.74, 6) is -0.332. The first-order valence-corrected chi connectivity index (χ1v) is 9.46. The van der Waals surface area contributed by atoms with Crippen molar-refractivity contribution in [2.24, 2.45) is 5.92 Å². The summed E-state index contributed by atoms with van der Waals surface area (Å²) in [4.78, 5) is 12.4. The molecule has 1 fully saturated rings. The number of hydrogen-bond donors (Lipinski definition) is 2. The van der Waals surface area contributed by atoms with Crippen LogP contribution < -0.4 is 5.32 Å². The largest absolute Gasteiger partial charge is 0.506 e. The van der Waals surface area contributed by atoms with E-state index in [9.17, 15) is 18.3 Å². The number of nitrogens with one attached hydrogen (secondary N) is 1. The maximum Gasteiger partial charge on any atom is 0.227 e. The summed E-state index contributed by atoms with van der Waals surface area (Å²) in [7, 11) is -3.37. The number of phenols is 1. The second kappa shape index (κ2) is 7.13. The lowest BCUT2D eigenvalue weighted by Gasteiger charge is -2.15. The molecule has 0 heterocycles. The van der Waals surface area contributed by atoms with Crippen molar-refractivity contribution in [1.82, 2.24) is 0 Å². The minimum Gasteiger partial charge on any atom is -0.506 e. The van der Waals surface area contributed by atoms with Crippen molar-refractivity contribution >= 4 is 21.4 Å². The molecular weight excluding hydrogens is 302 g/mol. The highest BCUT2D eigenvalue weighted by Crippen LogP contribution is 2.29. The lowest BCUT2D eigenvalue weighted by atomic mass is 9.99. The van der Waals surface area contributed by atoms with E-state index in [-0.39, 0.29) is 33.9 Å². The van der Waals surface area contributed by atoms with Gasteiger partial charge in [-0.25, -0.2) is 8.42 Å². The van der Waals surface area contributed by atoms with Crippen molar-refractivity contribution < 1.29 is 18.3 Å². The monoisotopic (exact) mass is 325 g/mol. The molecule has 1 aliphatic carbocycles. The predicted molar refractivity (Wildman–Crippen MR) is 85.7 cm³/mol. The number of amides is 1. The molecule has 0 saturated heterocycles. The zero-order chi connectivity index (χ0) is 16.2. The number of aromatic hydroxyl groups is 1. The summed E-state index contributed by atoms with van der Waals surface area (Å²) >= 11 is 0. The minimum atomic E-state index is -3.37. The van der Waals surface area contributed by atoms with Crippen LogP contribution in [-0.4, -0.2) is 25.2 Å². The molecule has 5 nitrogen and oxygen atoms in total. The zero-order valence-electron chi connectivity index (χ0n) is 12.8. The van der Waals surface area contributed by atoms with Gasteiger partial charge in [-0.05, 0) is 31.0 Å². The van der Waals surface area contributed by atoms with Crippen LogP contribution in [-0.2, 0) is 14.6 Å². The molecule has 1 aromatic carbocycles. The van der Waals surface area contributed by atoms with E-state index in [1.165, 1.54) is 18.2 Å². The van der Waals surface area contributed by atoms with Crippen molar-refractivity contribution in [3.63, 3.8) is 0 Å². The Bertz CT molecular complexity index is 632. The van der Waals surface area contributed by atoms with Crippen LogP contribution in [0.1, 0.15) is 45.4 Å². The average molecular weight is 325 g/mol. The highest BCUT2D eigenvalue weighted by atomic mass is 32.2. The normalized spacial score (nSPS) is 17.0. The van der Waals surface area contributed by atoms with Gasteiger partial charge in [-0.3, -0.25) is 4.79 Å². The molecule has 1 saturated carbocycles. The average Bonchev–Trinajstić information content (AvgIpc) is 2.78. The summed E-state index contributed by atoms with van der Waals surface area (Å²) in [6.45, 7) is 1.56. The Kier molecular flexibility index (Phi) is 5.45. The van der Waals surface area contributed by atoms with Gasteiger partial charge in [0, 0.05) is 5.92 Å². The Hall–Kier alpha value is -1.56. The Morgan fingerprint density at radius 2 is 1.86 bits per heavy atom. The van der Waals surface area contributed by atoms with Crippen molar-refractivity contribution in [3.8, 4) is 5.75 Å². The SMILES string of the molecule is CCS(=O)(=O)c1ccc(O)c(NC(=O)C2CCCCCC2)c1. The number of anilines is 1. The van der Waals surface area contributed by atoms with Gasteiger partial charge < -0.3 is 10.4 Å². The molecule has 0 spiro atoms. The van der Waals surface area contributed by atoms with E-state index in [1.54, 1.807) is 6.92 Å². The number of phenolic OH excluding ortho intramolecular Hbond substituents is 1. The molecule has 1 amide bonds. The summed E-state index contributed by atoms with van der Waals surface area (Å²) in [5, 5.41) is 12.6. The molecule has 0 bridgehead atoms. The van der Waals surface area contributed by atoms with Crippen LogP contribution in [0.25, 0.3) is 0 Å². The van der Waals surface area contributed by atoms with E-state index >= 15 is 0 Å². The first kappa shape index (κ1) is 16.8. The van der Waals surface area contributed by atoms with E-state index in [1.807, 2.05) is 0 Å². The maximum absolute atomic E-state index is 12.3. The standard InChI is InChI=1S/C16H23NO4S/c1-2-22(20,21)13-9-10-15(18)14(11-13)17-16(19)12-7-5-3-4-6-8-12/h9-12,18H,2-8H2,1H3,(H,17,19). The Morgan fingerprint density at radius 3 is 2.45 bits per heavy atom. The van der Waals surface area contributed by atoms with Crippen LogP contribution in [0.3, 0.4) is 0 Å². The highest BCUT2D eigenvalue weighted by molar-refractivity contribution is 7.91. The smallest absolute Gasteiger partial charge is 0.227 e. The second-order valence-corrected chi connectivity index (χ2v) is 8.04. The Labute approximate surface area is 131 Å². The third kappa shape index (κ3) is 4.00. The molecule has 0 unspecified atom stereocenters. The van der Waals surface area contributed by atoms with Crippen molar-refractivity contribution in [2.45, 2.75) is 50.3 Å². The van der Waals surface area contributed by atoms with Gasteiger partial charge in [-0.15, -0.1) is 0 Å². The van der Waals surface area contributed by atoms with E-state index in [4.69, 9.17) is 0 Å². The van der Waals surface area contributed by atoms with E-state index in [0.29, 0.717) is 0 Å². The summed E-state index contributed by atoms with van der Waals surface area (Å²) in [5.41, 5.74) is 0.170. The predicted octanol–water partition coefficient (Wildman–Crippen LogP) is 3.09. The molecule has 2 N–H and O–H groups in total. The molecule has 1 aliphatic rings. The first-order chi connectivity index (χ1) is 10.4. The molecular formula is C16H23NO4S. The Balaban J connectivity index is 2.18. The molecule has 22 heavy (non-hydrogen) atoms. The van der Waals surface area contributed by atoms with Gasteiger partial charge >= 0.3 is 0 Å². The van der Waals surface area contributed by atoms with Crippen molar-refractivity contribution in [1.29, 1.82) is 0 Å². The van der Waals surface area contributed by atoms with Crippen molar-refractivity contribution in [2.75, 3.05) is 11.1 Å². The molecule has 0 aliphatic heterocycles. The highest BCUT2D eigenvalue weighted by Gasteiger charge is 2.22. The van der Waals surface area contributed by atoms with Gasteiger partial charge in [0.05, 0.1) is 16.3 Å². The summed E-state index contributed by atoms with van der Waals surface area (Å²) in [6.07, 6.45) is 6.07. The van der Waals surface area contributed by atoms with Gasteiger partial charge in [0.2, 0.25) is 5.91 Å². The lowest BCUT2D eigenvalue weighted by molar-refractivity contribution is -0.120. The van der Waals surface area contributed by atoms with Crippen LogP contribution in [0, 0.1) is 5.92 Å². The third-order valence-corrected chi connectivity index (χ3v) is 5.92. The van der Waals surface area contributed by atoms with Crippen LogP contribution >= 0.6 is 0 Å². The maximum atomic E-state index is 12.3. The number of benzene rings is 1. The fraction of sp³-hybridized carbons (Fsp3) is 0.562. The molecule has 0 atom stereocenters. The molecule has 0 aromatic heterocycles. The quantitative estimate of drug-likeness (QED) is 0.658. The zero-order valence-corrected chi connectivity index (χ0v) is 13.7. The summed E-state index contributed by atoms with van der Waals surface area (Å²) in [6, 6.07) is 4.00. The topological polar surface area (TPSA) is 83.5 Å². The number of rotatable bonds is 4. The molecule has 1 aromatic rings. The molecule has 6 heteroatoms. The molecule has 2 rings (SSSR count). The second-order valence-electron chi connectivity index (χ2n) is 5.76. The van der Waals surface area contributed by atoms with E-state index in [2.05, 4.69) is 5.32 Å². The first-order valence-electron chi connectivity index (χ1n) is 7.80. The molecule has 0 radical (unpaired) electrons. The van der Waals surface area contributed by atoms with Crippen LogP contribution in [0.5, 0.6) is 5.75 Å². The van der Waals surface area contributed by atoms with Gasteiger partial charge in [-0.1, -0.05) is 32.6 Å². The van der Waals surface area contributed by atoms with Gasteiger partial charge in [-0.2, -0.15) is 0 Å². The Morgan fingerprint density at radius 1 is 1.23 bits per heavy atom. The van der Waals surface area contributed by atoms with Crippen molar-refractivity contribution in [3.05, 3.63) is 18.2 Å². The molecule has 122 valence electrons. The third-order valence-electron chi connectivity index (χ3n) is 4.19. The van der Waals surface area contributed by atoms with Crippen LogP contribution in [0.4, 0.5) is 5.69 Å². The number of hydrogen-bond acceptors (Lipinski definition) is 4. The fourth-order valence-electron chi connectivity index (χ4n) is 2.75. The fourth-order valence-corrected chi connectivity index (χ4v) is 3.66. The lowest BCUT2D eigenvalue weighted by Crippen LogP contribution is -2.22. The van der Waals surface area contributed by atoms with E-state index < -0.39 is 9.84 Å². The van der Waals surface area contributed by atoms with Crippen LogP contribution in [0.2, 0.25) is 0 Å². The van der Waals surface area contributed by atoms with E-state index in [0.717, 1.165) is 38.5 Å². The van der Waals surface area contributed by atoms with Gasteiger partial charge in [0.15, 0.2) is 9.84 Å². The number of carbonyl (C=O) groups excluding carboxylic acids is 1. The number of carbonyl (C=O) groups is 1. The van der Waals surface area contributed by atoms with Crippen LogP contribution in [0.15, 0.2) is 23.1 Å². The van der Waals surface area contributed by atoms with Gasteiger partial charge in [0.1, 0.15) is 5.75 Å².